The van der Waals surface area contributed by atoms with Crippen molar-refractivity contribution in [1.82, 2.24) is 24.6 Å². The number of benzene rings is 1. The van der Waals surface area contributed by atoms with Crippen LogP contribution in [0, 0.1) is 6.92 Å². The molecule has 1 aromatic carbocycles. The third kappa shape index (κ3) is 6.09. The van der Waals surface area contributed by atoms with Gasteiger partial charge in [0.25, 0.3) is 0 Å². The SMILES string of the molecule is Cc1nc(NC(=O)N2C[C@H](NS(=O)(=O)c3cnc4ccccc4c3)C[C@H]2C(N)=O)sc1-c1ccnc(C(C)(C)C(F)(F)F)c1. The number of pyridine rings is 2. The third-order valence-corrected chi connectivity index (χ3v) is 10.1. The van der Waals surface area contributed by atoms with E-state index in [9.17, 15) is 31.2 Å². The number of thiazole rings is 1. The number of hydrogen-bond acceptors (Lipinski definition) is 8. The number of para-hydroxylation sites is 1. The lowest BCUT2D eigenvalue weighted by atomic mass is 9.87. The van der Waals surface area contributed by atoms with E-state index < -0.39 is 45.6 Å². The monoisotopic (exact) mass is 647 g/mol. The number of fused-ring (bicyclic) bond motifs is 1. The first-order valence-electron chi connectivity index (χ1n) is 13.3. The number of urea groups is 1. The van der Waals surface area contributed by atoms with Crippen molar-refractivity contribution in [2.75, 3.05) is 11.9 Å². The summed E-state index contributed by atoms with van der Waals surface area (Å²) < 4.78 is 69.6. The highest BCUT2D eigenvalue weighted by Crippen LogP contribution is 2.41. The number of carbonyl (C=O) groups is 2. The number of carbonyl (C=O) groups excluding carboxylic acids is 2. The van der Waals surface area contributed by atoms with E-state index >= 15 is 0 Å². The van der Waals surface area contributed by atoms with Crippen molar-refractivity contribution in [3.05, 3.63) is 66.2 Å². The first-order valence-corrected chi connectivity index (χ1v) is 15.6. The molecule has 3 amide bonds. The van der Waals surface area contributed by atoms with Crippen molar-refractivity contribution >= 4 is 49.3 Å². The van der Waals surface area contributed by atoms with Crippen LogP contribution < -0.4 is 15.8 Å². The molecule has 2 atom stereocenters. The van der Waals surface area contributed by atoms with E-state index in [4.69, 9.17) is 5.73 Å². The van der Waals surface area contributed by atoms with Gasteiger partial charge in [-0.15, -0.1) is 0 Å². The maximum Gasteiger partial charge on any atom is 0.399 e. The second-order valence-electron chi connectivity index (χ2n) is 10.9. The largest absolute Gasteiger partial charge is 0.399 e. The Bertz CT molecular complexity index is 1860. The van der Waals surface area contributed by atoms with Gasteiger partial charge in [-0.25, -0.2) is 22.9 Å². The van der Waals surface area contributed by atoms with E-state index in [2.05, 4.69) is 25.0 Å². The Balaban J connectivity index is 1.32. The summed E-state index contributed by atoms with van der Waals surface area (Å²) >= 11 is 1.03. The minimum absolute atomic E-state index is 0.0556. The molecule has 16 heteroatoms. The van der Waals surface area contributed by atoms with Gasteiger partial charge in [0, 0.05) is 30.4 Å². The summed E-state index contributed by atoms with van der Waals surface area (Å²) in [6, 6.07) is 8.72. The van der Waals surface area contributed by atoms with Crippen LogP contribution in [0.1, 0.15) is 31.7 Å². The van der Waals surface area contributed by atoms with Crippen molar-refractivity contribution in [2.24, 2.45) is 5.73 Å². The number of aryl methyl sites for hydroxylation is 1. The summed E-state index contributed by atoms with van der Waals surface area (Å²) in [5.74, 6) is -0.818. The number of amides is 3. The van der Waals surface area contributed by atoms with Gasteiger partial charge in [-0.05, 0) is 57.0 Å². The zero-order chi connectivity index (χ0) is 32.0. The number of rotatable bonds is 7. The number of sulfonamides is 1. The molecule has 4 aromatic rings. The van der Waals surface area contributed by atoms with Gasteiger partial charge in [-0.3, -0.25) is 20.1 Å². The topological polar surface area (TPSA) is 160 Å². The molecule has 0 aliphatic carbocycles. The van der Waals surface area contributed by atoms with Crippen molar-refractivity contribution in [1.29, 1.82) is 0 Å². The number of halogens is 3. The highest BCUT2D eigenvalue weighted by molar-refractivity contribution is 7.89. The lowest BCUT2D eigenvalue weighted by molar-refractivity contribution is -0.181. The minimum Gasteiger partial charge on any atom is -0.368 e. The van der Waals surface area contributed by atoms with Crippen LogP contribution in [0.5, 0.6) is 0 Å². The molecule has 5 rings (SSSR count). The van der Waals surface area contributed by atoms with Crippen LogP contribution in [0.15, 0.2) is 59.8 Å². The molecule has 0 spiro atoms. The molecule has 1 saturated heterocycles. The maximum atomic E-state index is 13.6. The van der Waals surface area contributed by atoms with Crippen LogP contribution in [0.3, 0.4) is 0 Å². The molecule has 44 heavy (non-hydrogen) atoms. The summed E-state index contributed by atoms with van der Waals surface area (Å²) in [4.78, 5) is 39.5. The van der Waals surface area contributed by atoms with Crippen molar-refractivity contribution in [3.8, 4) is 10.4 Å². The highest BCUT2D eigenvalue weighted by atomic mass is 32.2. The Hall–Kier alpha value is -4.15. The fraction of sp³-hybridized carbons (Fsp3) is 0.321. The molecule has 232 valence electrons. The van der Waals surface area contributed by atoms with Crippen molar-refractivity contribution in [2.45, 2.75) is 55.8 Å². The lowest BCUT2D eigenvalue weighted by Gasteiger charge is -2.27. The van der Waals surface area contributed by atoms with Crippen LogP contribution in [0.2, 0.25) is 0 Å². The smallest absolute Gasteiger partial charge is 0.368 e. The van der Waals surface area contributed by atoms with Gasteiger partial charge >= 0.3 is 12.2 Å². The summed E-state index contributed by atoms with van der Waals surface area (Å²) in [7, 11) is -4.06. The lowest BCUT2D eigenvalue weighted by Crippen LogP contribution is -2.46. The minimum atomic E-state index is -4.52. The van der Waals surface area contributed by atoms with Crippen LogP contribution in [-0.2, 0) is 20.2 Å². The summed E-state index contributed by atoms with van der Waals surface area (Å²) in [6.45, 7) is 3.57. The van der Waals surface area contributed by atoms with Gasteiger partial charge < -0.3 is 10.6 Å². The first kappa shape index (κ1) is 31.3. The zero-order valence-electron chi connectivity index (χ0n) is 23.7. The summed E-state index contributed by atoms with van der Waals surface area (Å²) in [5.41, 5.74) is 4.71. The number of aromatic nitrogens is 3. The molecule has 1 fully saturated rings. The van der Waals surface area contributed by atoms with Crippen LogP contribution in [0.25, 0.3) is 21.3 Å². The van der Waals surface area contributed by atoms with Gasteiger partial charge in [-0.2, -0.15) is 13.2 Å². The van der Waals surface area contributed by atoms with E-state index in [1.807, 2.05) is 0 Å². The molecular weight excluding hydrogens is 619 g/mol. The number of primary amides is 1. The van der Waals surface area contributed by atoms with Gasteiger partial charge in [0.15, 0.2) is 5.13 Å². The third-order valence-electron chi connectivity index (χ3n) is 7.47. The van der Waals surface area contributed by atoms with Crippen LogP contribution in [0.4, 0.5) is 23.1 Å². The van der Waals surface area contributed by atoms with Crippen molar-refractivity contribution in [3.63, 3.8) is 0 Å². The van der Waals surface area contributed by atoms with E-state index in [1.165, 1.54) is 24.5 Å². The predicted molar refractivity (Wildman–Crippen MR) is 158 cm³/mol. The summed E-state index contributed by atoms with van der Waals surface area (Å²) in [5, 5.41) is 3.37. The Morgan fingerprint density at radius 3 is 2.55 bits per heavy atom. The Morgan fingerprint density at radius 2 is 1.84 bits per heavy atom. The standard InChI is InChI=1S/C28H28F3N7O4S2/c1-15-23(17-8-9-33-22(11-17)27(2,3)28(29,30)31)43-25(35-15)36-26(40)38-14-18(12-21(38)24(32)39)37-44(41,42)19-10-16-6-4-5-7-20(16)34-13-19/h4-11,13,18,21,37H,12,14H2,1-3H3,(H2,32,39)(H,35,36,40)/t18-,21+/m1/s1. The fourth-order valence-electron chi connectivity index (χ4n) is 4.84. The zero-order valence-corrected chi connectivity index (χ0v) is 25.3. The predicted octanol–water partition coefficient (Wildman–Crippen LogP) is 4.34. The highest BCUT2D eigenvalue weighted by Gasteiger charge is 2.49. The normalized spacial score (nSPS) is 17.6. The Morgan fingerprint density at radius 1 is 1.11 bits per heavy atom. The number of nitrogens with zero attached hydrogens (tertiary/aromatic N) is 4. The first-order chi connectivity index (χ1) is 20.6. The molecule has 0 saturated carbocycles. The quantitative estimate of drug-likeness (QED) is 0.269. The number of nitrogens with two attached hydrogens (primary N) is 1. The second-order valence-corrected chi connectivity index (χ2v) is 13.6. The number of likely N-dealkylation sites (tertiary alicyclic amines) is 1. The van der Waals surface area contributed by atoms with Crippen LogP contribution in [-0.4, -0.2) is 65.0 Å². The average Bonchev–Trinajstić information content (AvgIpc) is 3.55. The molecule has 0 radical (unpaired) electrons. The number of alkyl halides is 3. The van der Waals surface area contributed by atoms with Gasteiger partial charge in [-0.1, -0.05) is 29.5 Å². The average molecular weight is 648 g/mol. The molecule has 1 aliphatic rings. The molecule has 1 aliphatic heterocycles. The van der Waals surface area contributed by atoms with Gasteiger partial charge in [0.1, 0.15) is 16.4 Å². The molecule has 3 aromatic heterocycles. The molecule has 4 heterocycles. The second kappa shape index (κ2) is 11.4. The van der Waals surface area contributed by atoms with Gasteiger partial charge in [0.2, 0.25) is 15.9 Å². The van der Waals surface area contributed by atoms with Gasteiger partial charge in [0.05, 0.1) is 21.8 Å². The maximum absolute atomic E-state index is 13.6. The molecule has 11 nitrogen and oxygen atoms in total. The molecule has 0 bridgehead atoms. The van der Waals surface area contributed by atoms with E-state index in [-0.39, 0.29) is 28.7 Å². The number of nitrogens with one attached hydrogen (secondary N) is 2. The van der Waals surface area contributed by atoms with Crippen molar-refractivity contribution < 1.29 is 31.2 Å². The van der Waals surface area contributed by atoms with Crippen LogP contribution >= 0.6 is 11.3 Å². The Labute approximate surface area is 254 Å². The number of anilines is 1. The molecular formula is C28H28F3N7O4S2. The fourth-order valence-corrected chi connectivity index (χ4v) is 7.01. The van der Waals surface area contributed by atoms with E-state index in [1.54, 1.807) is 37.3 Å². The Kier molecular flexibility index (Phi) is 8.11. The van der Waals surface area contributed by atoms with E-state index in [0.29, 0.717) is 27.0 Å². The number of hydrogen-bond donors (Lipinski definition) is 3. The molecule has 0 unspecified atom stereocenters. The van der Waals surface area contributed by atoms with E-state index in [0.717, 1.165) is 30.1 Å². The molecule has 4 N–H and O–H groups in total. The summed E-state index contributed by atoms with van der Waals surface area (Å²) in [6.07, 6.45) is -2.06.